The van der Waals surface area contributed by atoms with Crippen LogP contribution in [-0.4, -0.2) is 24.0 Å². The van der Waals surface area contributed by atoms with Gasteiger partial charge >= 0.3 is 0 Å². The fourth-order valence-electron chi connectivity index (χ4n) is 3.74. The standard InChI is InChI=1S/C20H23N3O2.2ClH/c24-19(18-12-20(18)6-9-21-10-7-20)23-16-4-1-5-17(11-16)25-14-15-3-2-8-22-13-15;;/h1-5,8,11,13,18,21H,6-7,9-10,12,14H2,(H,23,24);2*1H. The molecule has 2 aromatic rings. The van der Waals surface area contributed by atoms with Crippen molar-refractivity contribution >= 4 is 36.4 Å². The maximum atomic E-state index is 12.6. The molecule has 1 spiro atoms. The SMILES string of the molecule is Cl.Cl.O=C(Nc1cccc(OCc2cccnc2)c1)C1CC12CCNCC2. The fraction of sp³-hybridized carbons (Fsp3) is 0.400. The Kier molecular flexibility index (Phi) is 7.48. The third kappa shape index (κ3) is 5.12. The Morgan fingerprint density at radius 3 is 2.78 bits per heavy atom. The van der Waals surface area contributed by atoms with Gasteiger partial charge in [-0.2, -0.15) is 0 Å². The molecule has 0 radical (unpaired) electrons. The largest absolute Gasteiger partial charge is 0.489 e. The lowest BCUT2D eigenvalue weighted by atomic mass is 9.92. The van der Waals surface area contributed by atoms with Crippen LogP contribution in [0.15, 0.2) is 48.8 Å². The fourth-order valence-corrected chi connectivity index (χ4v) is 3.74. The van der Waals surface area contributed by atoms with E-state index in [-0.39, 0.29) is 42.1 Å². The third-order valence-corrected chi connectivity index (χ3v) is 5.34. The number of carbonyl (C=O) groups excluding carboxylic acids is 1. The summed E-state index contributed by atoms with van der Waals surface area (Å²) in [6.45, 7) is 2.52. The van der Waals surface area contributed by atoms with E-state index in [0.29, 0.717) is 6.61 Å². The van der Waals surface area contributed by atoms with E-state index in [2.05, 4.69) is 15.6 Å². The van der Waals surface area contributed by atoms with E-state index >= 15 is 0 Å². The zero-order valence-corrected chi connectivity index (χ0v) is 16.7. The number of nitrogens with one attached hydrogen (secondary N) is 2. The summed E-state index contributed by atoms with van der Waals surface area (Å²) in [5, 5.41) is 6.43. The monoisotopic (exact) mass is 409 g/mol. The highest BCUT2D eigenvalue weighted by molar-refractivity contribution is 5.95. The minimum atomic E-state index is 0. The lowest BCUT2D eigenvalue weighted by Crippen LogP contribution is -2.31. The van der Waals surface area contributed by atoms with Gasteiger partial charge in [0.25, 0.3) is 0 Å². The first-order chi connectivity index (χ1) is 12.3. The van der Waals surface area contributed by atoms with Gasteiger partial charge in [0.2, 0.25) is 5.91 Å². The summed E-state index contributed by atoms with van der Waals surface area (Å²) in [5.41, 5.74) is 2.07. The second-order valence-electron chi connectivity index (χ2n) is 7.04. The zero-order chi connectivity index (χ0) is 17.1. The van der Waals surface area contributed by atoms with Crippen LogP contribution >= 0.6 is 24.8 Å². The summed E-state index contributed by atoms with van der Waals surface area (Å²) in [6, 6.07) is 11.5. The van der Waals surface area contributed by atoms with Crippen molar-refractivity contribution in [3.05, 3.63) is 54.4 Å². The molecule has 2 heterocycles. The number of hydrogen-bond donors (Lipinski definition) is 2. The number of halogens is 2. The summed E-state index contributed by atoms with van der Waals surface area (Å²) in [5.74, 6) is 1.05. The number of ether oxygens (including phenoxy) is 1. The molecule has 4 rings (SSSR count). The Bertz CT molecular complexity index is 752. The normalized spacial score (nSPS) is 19.3. The molecule has 1 aliphatic carbocycles. The topological polar surface area (TPSA) is 63.2 Å². The van der Waals surface area contributed by atoms with Gasteiger partial charge in [-0.25, -0.2) is 0 Å². The maximum absolute atomic E-state index is 12.6. The molecule has 2 aliphatic rings. The predicted octanol–water partition coefficient (Wildman–Crippen LogP) is 3.83. The quantitative estimate of drug-likeness (QED) is 0.787. The molecular formula is C20H25Cl2N3O2. The Hall–Kier alpha value is -1.82. The molecule has 0 bridgehead atoms. The van der Waals surface area contributed by atoms with Gasteiger partial charge in [-0.1, -0.05) is 12.1 Å². The Labute approximate surface area is 172 Å². The van der Waals surface area contributed by atoms with Crippen LogP contribution in [0, 0.1) is 11.3 Å². The van der Waals surface area contributed by atoms with E-state index in [4.69, 9.17) is 4.74 Å². The highest BCUT2D eigenvalue weighted by Gasteiger charge is 2.57. The van der Waals surface area contributed by atoms with E-state index in [0.717, 1.165) is 49.4 Å². The highest BCUT2D eigenvalue weighted by atomic mass is 35.5. The number of aromatic nitrogens is 1. The van der Waals surface area contributed by atoms with Crippen LogP contribution in [0.3, 0.4) is 0 Å². The number of anilines is 1. The van der Waals surface area contributed by atoms with Crippen molar-refractivity contribution in [1.29, 1.82) is 0 Å². The summed E-state index contributed by atoms with van der Waals surface area (Å²) < 4.78 is 5.80. The molecule has 1 saturated carbocycles. The highest BCUT2D eigenvalue weighted by Crippen LogP contribution is 2.58. The van der Waals surface area contributed by atoms with E-state index in [1.165, 1.54) is 0 Å². The van der Waals surface area contributed by atoms with Crippen LogP contribution in [0.4, 0.5) is 5.69 Å². The van der Waals surface area contributed by atoms with Crippen molar-refractivity contribution in [3.63, 3.8) is 0 Å². The number of pyridine rings is 1. The van der Waals surface area contributed by atoms with E-state index in [9.17, 15) is 4.79 Å². The summed E-state index contributed by atoms with van der Waals surface area (Å²) in [7, 11) is 0. The molecule has 1 amide bonds. The van der Waals surface area contributed by atoms with Gasteiger partial charge in [-0.3, -0.25) is 9.78 Å². The first kappa shape index (κ1) is 21.5. The molecule has 27 heavy (non-hydrogen) atoms. The van der Waals surface area contributed by atoms with Crippen LogP contribution in [0.2, 0.25) is 0 Å². The van der Waals surface area contributed by atoms with Crippen molar-refractivity contribution in [2.75, 3.05) is 18.4 Å². The number of nitrogens with zero attached hydrogens (tertiary/aromatic N) is 1. The zero-order valence-electron chi connectivity index (χ0n) is 15.0. The molecule has 7 heteroatoms. The summed E-state index contributed by atoms with van der Waals surface area (Å²) in [6.07, 6.45) is 6.78. The van der Waals surface area contributed by atoms with Crippen LogP contribution in [0.25, 0.3) is 0 Å². The number of carbonyl (C=O) groups is 1. The van der Waals surface area contributed by atoms with Crippen LogP contribution in [0.5, 0.6) is 5.75 Å². The van der Waals surface area contributed by atoms with Gasteiger partial charge < -0.3 is 15.4 Å². The Morgan fingerprint density at radius 1 is 1.22 bits per heavy atom. The van der Waals surface area contributed by atoms with Crippen molar-refractivity contribution in [1.82, 2.24) is 10.3 Å². The van der Waals surface area contributed by atoms with Crippen LogP contribution < -0.4 is 15.4 Å². The van der Waals surface area contributed by atoms with Gasteiger partial charge in [0.15, 0.2) is 0 Å². The van der Waals surface area contributed by atoms with E-state index < -0.39 is 0 Å². The molecular weight excluding hydrogens is 385 g/mol. The number of rotatable bonds is 5. The van der Waals surface area contributed by atoms with E-state index in [1.54, 1.807) is 12.4 Å². The van der Waals surface area contributed by atoms with Crippen molar-refractivity contribution in [2.45, 2.75) is 25.9 Å². The molecule has 1 unspecified atom stereocenters. The van der Waals surface area contributed by atoms with Gasteiger partial charge in [-0.05, 0) is 56.0 Å². The Balaban J connectivity index is 0.00000131. The molecule has 1 aromatic heterocycles. The van der Waals surface area contributed by atoms with Crippen molar-refractivity contribution < 1.29 is 9.53 Å². The van der Waals surface area contributed by atoms with E-state index in [1.807, 2.05) is 36.4 Å². The lowest BCUT2D eigenvalue weighted by Gasteiger charge is -2.23. The van der Waals surface area contributed by atoms with Crippen molar-refractivity contribution in [2.24, 2.45) is 11.3 Å². The van der Waals surface area contributed by atoms with Crippen LogP contribution in [0.1, 0.15) is 24.8 Å². The molecule has 1 aliphatic heterocycles. The van der Waals surface area contributed by atoms with Gasteiger partial charge in [0, 0.05) is 35.6 Å². The molecule has 1 atom stereocenters. The average Bonchev–Trinajstić information content (AvgIpc) is 3.35. The predicted molar refractivity (Wildman–Crippen MR) is 111 cm³/mol. The minimum Gasteiger partial charge on any atom is -0.489 e. The van der Waals surface area contributed by atoms with Gasteiger partial charge in [0.1, 0.15) is 12.4 Å². The Morgan fingerprint density at radius 2 is 2.04 bits per heavy atom. The number of amides is 1. The minimum absolute atomic E-state index is 0. The number of piperidine rings is 1. The van der Waals surface area contributed by atoms with Crippen LogP contribution in [-0.2, 0) is 11.4 Å². The maximum Gasteiger partial charge on any atom is 0.228 e. The molecule has 1 saturated heterocycles. The summed E-state index contributed by atoms with van der Waals surface area (Å²) >= 11 is 0. The molecule has 1 aromatic carbocycles. The smallest absolute Gasteiger partial charge is 0.228 e. The second-order valence-corrected chi connectivity index (χ2v) is 7.04. The third-order valence-electron chi connectivity index (χ3n) is 5.34. The molecule has 2 fully saturated rings. The molecule has 5 nitrogen and oxygen atoms in total. The van der Waals surface area contributed by atoms with Gasteiger partial charge in [0.05, 0.1) is 0 Å². The lowest BCUT2D eigenvalue weighted by molar-refractivity contribution is -0.118. The number of hydrogen-bond acceptors (Lipinski definition) is 4. The average molecular weight is 410 g/mol. The first-order valence-electron chi connectivity index (χ1n) is 8.89. The first-order valence-corrected chi connectivity index (χ1v) is 8.89. The van der Waals surface area contributed by atoms with Crippen molar-refractivity contribution in [3.8, 4) is 5.75 Å². The summed E-state index contributed by atoms with van der Waals surface area (Å²) in [4.78, 5) is 16.6. The molecule has 146 valence electrons. The molecule has 2 N–H and O–H groups in total. The second kappa shape index (κ2) is 9.40. The van der Waals surface area contributed by atoms with Gasteiger partial charge in [-0.15, -0.1) is 24.8 Å². The number of benzene rings is 1.